The highest BCUT2D eigenvalue weighted by atomic mass is 35.5. The molecule has 0 aliphatic rings. The Morgan fingerprint density at radius 1 is 1.20 bits per heavy atom. The molecule has 2 aromatic rings. The molecule has 0 saturated carbocycles. The number of halogens is 2. The molecule has 0 saturated heterocycles. The van der Waals surface area contributed by atoms with Crippen molar-refractivity contribution in [2.75, 3.05) is 5.32 Å². The normalized spacial score (nSPS) is 11.2. The molecule has 7 heteroatoms. The topological polar surface area (TPSA) is 74.8 Å². The second-order valence-corrected chi connectivity index (χ2v) is 5.93. The summed E-state index contributed by atoms with van der Waals surface area (Å²) in [4.78, 5) is 22.5. The van der Waals surface area contributed by atoms with Crippen molar-refractivity contribution in [3.63, 3.8) is 0 Å². The number of nitrogens with one attached hydrogen (secondary N) is 2. The van der Waals surface area contributed by atoms with Crippen molar-refractivity contribution in [2.24, 2.45) is 0 Å². The highest BCUT2D eigenvalue weighted by molar-refractivity contribution is 6.58. The molecule has 0 aliphatic carbocycles. The molecule has 5 nitrogen and oxygen atoms in total. The Labute approximate surface area is 124 Å². The van der Waals surface area contributed by atoms with Gasteiger partial charge in [0, 0.05) is 17.3 Å². The number of carbonyl (C=O) groups excluding carboxylic acids is 1. The molecule has 1 amide bonds. The number of H-pyrrole nitrogens is 1. The fourth-order valence-corrected chi connectivity index (χ4v) is 1.56. The molecule has 0 spiro atoms. The van der Waals surface area contributed by atoms with Crippen molar-refractivity contribution in [1.29, 1.82) is 0 Å². The lowest BCUT2D eigenvalue weighted by Crippen LogP contribution is -2.29. The molecule has 1 aromatic carbocycles. The van der Waals surface area contributed by atoms with E-state index < -0.39 is 10.2 Å². The molecule has 2 N–H and O–H groups in total. The number of rotatable bonds is 3. The molecule has 0 bridgehead atoms. The highest BCUT2D eigenvalue weighted by Gasteiger charge is 2.27. The zero-order chi connectivity index (χ0) is 14.8. The van der Waals surface area contributed by atoms with E-state index in [2.05, 4.69) is 15.5 Å². The summed E-state index contributed by atoms with van der Waals surface area (Å²) < 4.78 is -1.49. The third-order valence-electron chi connectivity index (χ3n) is 2.52. The summed E-state index contributed by atoms with van der Waals surface area (Å²) in [5, 5.41) is 8.85. The molecule has 0 unspecified atom stereocenters. The maximum absolute atomic E-state index is 11.6. The second-order valence-electron chi connectivity index (χ2n) is 4.23. The van der Waals surface area contributed by atoms with Gasteiger partial charge < -0.3 is 5.32 Å². The maximum atomic E-state index is 11.6. The molecular weight excluding hydrogens is 301 g/mol. The zero-order valence-electron chi connectivity index (χ0n) is 10.5. The van der Waals surface area contributed by atoms with Gasteiger partial charge in [0.2, 0.25) is 0 Å². The summed E-state index contributed by atoms with van der Waals surface area (Å²) in [6.07, 6.45) is 0. The van der Waals surface area contributed by atoms with Crippen LogP contribution in [0, 0.1) is 0 Å². The van der Waals surface area contributed by atoms with Gasteiger partial charge in [0.25, 0.3) is 11.5 Å². The first-order valence-corrected chi connectivity index (χ1v) is 6.47. The van der Waals surface area contributed by atoms with Gasteiger partial charge in [0.15, 0.2) is 4.33 Å². The van der Waals surface area contributed by atoms with Crippen LogP contribution in [0.2, 0.25) is 0 Å². The minimum absolute atomic E-state index is 0.263. The van der Waals surface area contributed by atoms with Crippen LogP contribution in [-0.4, -0.2) is 20.4 Å². The van der Waals surface area contributed by atoms with Crippen LogP contribution in [0.4, 0.5) is 5.69 Å². The van der Waals surface area contributed by atoms with Crippen molar-refractivity contribution in [2.45, 2.75) is 11.3 Å². The lowest BCUT2D eigenvalue weighted by atomic mass is 10.1. The second kappa shape index (κ2) is 5.64. The van der Waals surface area contributed by atoms with E-state index in [9.17, 15) is 9.59 Å². The standard InChI is InChI=1S/C13H11Cl2N3O2/c1-13(14,15)12(20)16-9-4-2-8(3-5-9)10-6-7-11(19)18-17-10/h2-7H,1H3,(H,16,20)(H,18,19). The van der Waals surface area contributed by atoms with Crippen LogP contribution in [0.1, 0.15) is 6.92 Å². The molecular formula is C13H11Cl2N3O2. The number of benzene rings is 1. The van der Waals surface area contributed by atoms with E-state index in [0.29, 0.717) is 11.4 Å². The molecule has 0 aliphatic heterocycles. The van der Waals surface area contributed by atoms with E-state index in [1.54, 1.807) is 30.3 Å². The predicted molar refractivity (Wildman–Crippen MR) is 79.0 cm³/mol. The molecule has 1 heterocycles. The Hall–Kier alpha value is -1.85. The minimum atomic E-state index is -1.49. The number of hydrogen-bond acceptors (Lipinski definition) is 3. The number of anilines is 1. The van der Waals surface area contributed by atoms with E-state index in [-0.39, 0.29) is 5.56 Å². The molecule has 0 fully saturated rings. The smallest absolute Gasteiger partial charge is 0.264 e. The number of aromatic nitrogens is 2. The van der Waals surface area contributed by atoms with E-state index in [4.69, 9.17) is 23.2 Å². The number of alkyl halides is 2. The van der Waals surface area contributed by atoms with Crippen molar-refractivity contribution < 1.29 is 4.79 Å². The predicted octanol–water partition coefficient (Wildman–Crippen LogP) is 2.57. The first-order chi connectivity index (χ1) is 9.36. The number of aromatic amines is 1. The van der Waals surface area contributed by atoms with Gasteiger partial charge in [-0.25, -0.2) is 5.10 Å². The summed E-state index contributed by atoms with van der Waals surface area (Å²) in [6, 6.07) is 9.91. The molecule has 1 aromatic heterocycles. The van der Waals surface area contributed by atoms with Gasteiger partial charge in [0.1, 0.15) is 0 Å². The van der Waals surface area contributed by atoms with Crippen LogP contribution in [-0.2, 0) is 4.79 Å². The summed E-state index contributed by atoms with van der Waals surface area (Å²) in [5.41, 5.74) is 1.73. The summed E-state index contributed by atoms with van der Waals surface area (Å²) in [7, 11) is 0. The number of amides is 1. The SMILES string of the molecule is CC(Cl)(Cl)C(=O)Nc1ccc(-c2ccc(=O)[nH]n2)cc1. The van der Waals surface area contributed by atoms with E-state index >= 15 is 0 Å². The Kier molecular flexibility index (Phi) is 4.11. The number of nitrogens with zero attached hydrogens (tertiary/aromatic N) is 1. The van der Waals surface area contributed by atoms with Crippen LogP contribution in [0.15, 0.2) is 41.2 Å². The Balaban J connectivity index is 2.16. The van der Waals surface area contributed by atoms with Crippen LogP contribution < -0.4 is 10.9 Å². The number of hydrogen-bond donors (Lipinski definition) is 2. The van der Waals surface area contributed by atoms with Gasteiger partial charge in [-0.15, -0.1) is 0 Å². The zero-order valence-corrected chi connectivity index (χ0v) is 12.0. The lowest BCUT2D eigenvalue weighted by Gasteiger charge is -2.13. The van der Waals surface area contributed by atoms with Crippen molar-refractivity contribution in [1.82, 2.24) is 10.2 Å². The molecule has 20 heavy (non-hydrogen) atoms. The Morgan fingerprint density at radius 2 is 1.85 bits per heavy atom. The average molecular weight is 312 g/mol. The van der Waals surface area contributed by atoms with Gasteiger partial charge in [-0.2, -0.15) is 5.10 Å². The van der Waals surface area contributed by atoms with E-state index in [0.717, 1.165) is 5.56 Å². The van der Waals surface area contributed by atoms with Crippen molar-refractivity contribution in [3.05, 3.63) is 46.8 Å². The van der Waals surface area contributed by atoms with Crippen LogP contribution >= 0.6 is 23.2 Å². The highest BCUT2D eigenvalue weighted by Crippen LogP contribution is 2.23. The van der Waals surface area contributed by atoms with Gasteiger partial charge in [0.05, 0.1) is 5.69 Å². The quantitative estimate of drug-likeness (QED) is 0.855. The van der Waals surface area contributed by atoms with Gasteiger partial charge in [-0.05, 0) is 25.1 Å². The monoisotopic (exact) mass is 311 g/mol. The van der Waals surface area contributed by atoms with Crippen LogP contribution in [0.5, 0.6) is 0 Å². The molecule has 0 radical (unpaired) electrons. The fourth-order valence-electron chi connectivity index (χ4n) is 1.47. The van der Waals surface area contributed by atoms with Gasteiger partial charge in [-0.3, -0.25) is 9.59 Å². The van der Waals surface area contributed by atoms with Crippen LogP contribution in [0.3, 0.4) is 0 Å². The Bertz CT molecular complexity index is 655. The van der Waals surface area contributed by atoms with E-state index in [1.165, 1.54) is 13.0 Å². The van der Waals surface area contributed by atoms with Crippen LogP contribution in [0.25, 0.3) is 11.3 Å². The van der Waals surface area contributed by atoms with Crippen molar-refractivity contribution in [3.8, 4) is 11.3 Å². The third-order valence-corrected chi connectivity index (χ3v) is 2.86. The van der Waals surface area contributed by atoms with Gasteiger partial charge in [-0.1, -0.05) is 35.3 Å². The first kappa shape index (κ1) is 14.6. The molecule has 2 rings (SSSR count). The summed E-state index contributed by atoms with van der Waals surface area (Å²) in [5.74, 6) is -0.504. The van der Waals surface area contributed by atoms with Crippen molar-refractivity contribution >= 4 is 34.8 Å². The Morgan fingerprint density at radius 3 is 2.35 bits per heavy atom. The molecule has 0 atom stereocenters. The lowest BCUT2D eigenvalue weighted by molar-refractivity contribution is -0.116. The minimum Gasteiger partial charge on any atom is -0.323 e. The first-order valence-electron chi connectivity index (χ1n) is 5.72. The van der Waals surface area contributed by atoms with E-state index in [1.807, 2.05) is 0 Å². The summed E-state index contributed by atoms with van der Waals surface area (Å²) >= 11 is 11.4. The maximum Gasteiger partial charge on any atom is 0.264 e. The fraction of sp³-hybridized carbons (Fsp3) is 0.154. The molecule has 104 valence electrons. The summed E-state index contributed by atoms with van der Waals surface area (Å²) in [6.45, 7) is 1.39. The largest absolute Gasteiger partial charge is 0.323 e. The third kappa shape index (κ3) is 3.59. The average Bonchev–Trinajstić information content (AvgIpc) is 2.39. The van der Waals surface area contributed by atoms with Gasteiger partial charge >= 0.3 is 0 Å². The number of carbonyl (C=O) groups is 1.